The summed E-state index contributed by atoms with van der Waals surface area (Å²) in [7, 11) is 0. The highest BCUT2D eigenvalue weighted by Crippen LogP contribution is 2.55. The summed E-state index contributed by atoms with van der Waals surface area (Å²) < 4.78 is 40.8. The summed E-state index contributed by atoms with van der Waals surface area (Å²) in [4.78, 5) is 29.6. The second kappa shape index (κ2) is 6.26. The van der Waals surface area contributed by atoms with Crippen LogP contribution in [-0.2, 0) is 16.1 Å². The average Bonchev–Trinajstić information content (AvgIpc) is 2.96. The van der Waals surface area contributed by atoms with Crippen LogP contribution in [0.1, 0.15) is 26.2 Å². The lowest BCUT2D eigenvalue weighted by Gasteiger charge is -2.32. The summed E-state index contributed by atoms with van der Waals surface area (Å²) in [6, 6.07) is -0.999. The molecule has 10 heteroatoms. The van der Waals surface area contributed by atoms with E-state index in [0.717, 1.165) is 17.7 Å². The number of aliphatic hydroxyl groups is 1. The Bertz CT molecular complexity index is 683. The van der Waals surface area contributed by atoms with Crippen molar-refractivity contribution >= 4 is 11.8 Å². The SMILES string of the molecule is CC(O)(C(=O)N1CC2(CC2)C[C@H]1C(=O)NCCn1ccnc1)C(F)(F)F. The molecule has 1 aliphatic carbocycles. The van der Waals surface area contributed by atoms with E-state index in [1.165, 1.54) is 0 Å². The fourth-order valence-electron chi connectivity index (χ4n) is 3.29. The van der Waals surface area contributed by atoms with E-state index in [-0.39, 0.29) is 18.5 Å². The van der Waals surface area contributed by atoms with E-state index >= 15 is 0 Å². The van der Waals surface area contributed by atoms with E-state index < -0.39 is 29.6 Å². The van der Waals surface area contributed by atoms with Crippen molar-refractivity contribution in [3.8, 4) is 0 Å². The molecule has 0 radical (unpaired) electrons. The minimum Gasteiger partial charge on any atom is -0.373 e. The third kappa shape index (κ3) is 3.42. The molecule has 1 aromatic heterocycles. The molecule has 3 rings (SSSR count). The Hall–Kier alpha value is -2.10. The van der Waals surface area contributed by atoms with Crippen molar-refractivity contribution in [3.05, 3.63) is 18.7 Å². The van der Waals surface area contributed by atoms with Crippen LogP contribution in [0.3, 0.4) is 0 Å². The first-order valence-corrected chi connectivity index (χ1v) is 8.39. The molecule has 1 unspecified atom stereocenters. The molecule has 0 aromatic carbocycles. The second-order valence-electron chi connectivity index (χ2n) is 7.31. The number of nitrogens with one attached hydrogen (secondary N) is 1. The molecule has 1 saturated carbocycles. The maximum absolute atomic E-state index is 13.0. The number of amides is 2. The van der Waals surface area contributed by atoms with Gasteiger partial charge >= 0.3 is 6.18 Å². The van der Waals surface area contributed by atoms with Gasteiger partial charge in [-0.3, -0.25) is 9.59 Å². The van der Waals surface area contributed by atoms with Crippen LogP contribution in [0.4, 0.5) is 13.2 Å². The van der Waals surface area contributed by atoms with Gasteiger partial charge in [0, 0.05) is 32.0 Å². The number of alkyl halides is 3. The van der Waals surface area contributed by atoms with E-state index in [9.17, 15) is 27.9 Å². The molecule has 2 heterocycles. The number of rotatable bonds is 5. The number of hydrogen-bond acceptors (Lipinski definition) is 4. The highest BCUT2D eigenvalue weighted by molar-refractivity contribution is 5.92. The van der Waals surface area contributed by atoms with E-state index in [2.05, 4.69) is 10.3 Å². The van der Waals surface area contributed by atoms with Gasteiger partial charge in [-0.1, -0.05) is 0 Å². The van der Waals surface area contributed by atoms with Crippen LogP contribution in [-0.4, -0.2) is 62.3 Å². The number of carbonyl (C=O) groups excluding carboxylic acids is 2. The van der Waals surface area contributed by atoms with Gasteiger partial charge in [0.15, 0.2) is 0 Å². The molecule has 0 bridgehead atoms. The Labute approximate surface area is 148 Å². The molecular weight excluding hydrogens is 353 g/mol. The van der Waals surface area contributed by atoms with Gasteiger partial charge in [0.05, 0.1) is 6.33 Å². The number of carbonyl (C=O) groups is 2. The molecule has 144 valence electrons. The van der Waals surface area contributed by atoms with Gasteiger partial charge < -0.3 is 19.9 Å². The molecular formula is C16H21F3N4O3. The van der Waals surface area contributed by atoms with Crippen LogP contribution in [0, 0.1) is 5.41 Å². The Morgan fingerprint density at radius 1 is 1.38 bits per heavy atom. The van der Waals surface area contributed by atoms with Crippen molar-refractivity contribution < 1.29 is 27.9 Å². The minimum atomic E-state index is -5.11. The van der Waals surface area contributed by atoms with E-state index in [1.807, 2.05) is 0 Å². The lowest BCUT2D eigenvalue weighted by molar-refractivity contribution is -0.250. The van der Waals surface area contributed by atoms with Crippen LogP contribution in [0.25, 0.3) is 0 Å². The first-order valence-electron chi connectivity index (χ1n) is 8.39. The number of hydrogen-bond donors (Lipinski definition) is 2. The van der Waals surface area contributed by atoms with Gasteiger partial charge in [-0.15, -0.1) is 0 Å². The van der Waals surface area contributed by atoms with Gasteiger partial charge in [0.25, 0.3) is 5.91 Å². The Morgan fingerprint density at radius 3 is 2.62 bits per heavy atom. The molecule has 1 saturated heterocycles. The molecule has 2 fully saturated rings. The largest absolute Gasteiger partial charge is 0.426 e. The lowest BCUT2D eigenvalue weighted by Crippen LogP contribution is -2.59. The zero-order valence-electron chi connectivity index (χ0n) is 14.3. The summed E-state index contributed by atoms with van der Waals surface area (Å²) in [6.07, 6.45) is 1.65. The van der Waals surface area contributed by atoms with Crippen LogP contribution >= 0.6 is 0 Å². The van der Waals surface area contributed by atoms with Crippen molar-refractivity contribution in [2.45, 2.75) is 50.6 Å². The summed E-state index contributed by atoms with van der Waals surface area (Å²) in [5.41, 5.74) is -3.80. The maximum Gasteiger partial charge on any atom is 0.426 e. The predicted molar refractivity (Wildman–Crippen MR) is 83.7 cm³/mol. The first-order chi connectivity index (χ1) is 12.1. The fraction of sp³-hybridized carbons (Fsp3) is 0.688. The number of aromatic nitrogens is 2. The fourth-order valence-corrected chi connectivity index (χ4v) is 3.29. The number of nitrogens with zero attached hydrogens (tertiary/aromatic N) is 3. The molecule has 7 nitrogen and oxygen atoms in total. The van der Waals surface area contributed by atoms with Gasteiger partial charge in [0.1, 0.15) is 6.04 Å². The monoisotopic (exact) mass is 374 g/mol. The molecule has 1 aromatic rings. The van der Waals surface area contributed by atoms with Crippen molar-refractivity contribution in [1.29, 1.82) is 0 Å². The van der Waals surface area contributed by atoms with Crippen molar-refractivity contribution in [2.75, 3.05) is 13.1 Å². The maximum atomic E-state index is 13.0. The third-order valence-electron chi connectivity index (χ3n) is 5.23. The summed E-state index contributed by atoms with van der Waals surface area (Å²) >= 11 is 0. The van der Waals surface area contributed by atoms with E-state index in [4.69, 9.17) is 0 Å². The highest BCUT2D eigenvalue weighted by atomic mass is 19.4. The quantitative estimate of drug-likeness (QED) is 0.794. The smallest absolute Gasteiger partial charge is 0.373 e. The van der Waals surface area contributed by atoms with Crippen molar-refractivity contribution in [1.82, 2.24) is 19.8 Å². The molecule has 2 amide bonds. The van der Waals surface area contributed by atoms with Gasteiger partial charge in [-0.25, -0.2) is 4.98 Å². The summed E-state index contributed by atoms with van der Waals surface area (Å²) in [5.74, 6) is -1.97. The number of imidazole rings is 1. The standard InChI is InChI=1S/C16H21F3N4O3/c1-14(26,16(17,18)19)13(25)23-9-15(2-3-15)8-11(23)12(24)21-5-7-22-6-4-20-10-22/h4,6,10-11,26H,2-3,5,7-9H2,1H3,(H,21,24)/t11-,14?/m0/s1. The van der Waals surface area contributed by atoms with E-state index in [1.54, 1.807) is 23.3 Å². The summed E-state index contributed by atoms with van der Waals surface area (Å²) in [5, 5.41) is 12.4. The Morgan fingerprint density at radius 2 is 2.08 bits per heavy atom. The van der Waals surface area contributed by atoms with Crippen LogP contribution in [0.2, 0.25) is 0 Å². The lowest BCUT2D eigenvalue weighted by atomic mass is 10.0. The van der Waals surface area contributed by atoms with Crippen LogP contribution in [0.5, 0.6) is 0 Å². The second-order valence-corrected chi connectivity index (χ2v) is 7.31. The molecule has 2 atom stereocenters. The summed E-state index contributed by atoms with van der Waals surface area (Å²) in [6.45, 7) is 1.22. The van der Waals surface area contributed by atoms with Gasteiger partial charge in [0.2, 0.25) is 11.5 Å². The molecule has 2 aliphatic rings. The normalized spacial score (nSPS) is 23.7. The number of likely N-dealkylation sites (tertiary alicyclic amines) is 1. The zero-order valence-corrected chi connectivity index (χ0v) is 14.3. The average molecular weight is 374 g/mol. The molecule has 26 heavy (non-hydrogen) atoms. The van der Waals surface area contributed by atoms with Crippen LogP contribution in [0.15, 0.2) is 18.7 Å². The molecule has 1 aliphatic heterocycles. The molecule has 1 spiro atoms. The zero-order chi connectivity index (χ0) is 19.2. The predicted octanol–water partition coefficient (Wildman–Crippen LogP) is 0.694. The van der Waals surface area contributed by atoms with Gasteiger partial charge in [-0.2, -0.15) is 13.2 Å². The van der Waals surface area contributed by atoms with Crippen molar-refractivity contribution in [3.63, 3.8) is 0 Å². The van der Waals surface area contributed by atoms with Gasteiger partial charge in [-0.05, 0) is 31.6 Å². The number of halogens is 3. The highest BCUT2D eigenvalue weighted by Gasteiger charge is 2.62. The van der Waals surface area contributed by atoms with Crippen LogP contribution < -0.4 is 5.32 Å². The van der Waals surface area contributed by atoms with Crippen molar-refractivity contribution in [2.24, 2.45) is 5.41 Å². The third-order valence-corrected chi connectivity index (χ3v) is 5.23. The Balaban J connectivity index is 1.68. The Kier molecular flexibility index (Phi) is 4.50. The first kappa shape index (κ1) is 18.7. The molecule has 2 N–H and O–H groups in total. The van der Waals surface area contributed by atoms with E-state index in [0.29, 0.717) is 19.9 Å². The topological polar surface area (TPSA) is 87.5 Å². The minimum absolute atomic E-state index is 0.0671.